The summed E-state index contributed by atoms with van der Waals surface area (Å²) in [5.41, 5.74) is -1.11. The highest BCUT2D eigenvalue weighted by Gasteiger charge is 2.65. The number of ether oxygens (including phenoxy) is 4. The molecule has 284 valence electrons. The second-order valence-electron chi connectivity index (χ2n) is 17.5. The first kappa shape index (κ1) is 39.0. The Labute approximate surface area is 298 Å². The first-order valence-corrected chi connectivity index (χ1v) is 20.5. The SMILES string of the molecule is CCC(C)(C)C(=O)OC1(C(C)C)C2CC3CC(C2)CC1C3.CCC(C)(C)C(=O)OCCOC(=O)CCC(=O)OC1C2CC3C1OS(=O)(=O)C3C2. The standard InChI is InChI=1S/C19H28O9S.C19H32O2/c1-4-19(2,3)18(22)26-8-7-25-14(20)5-6-15(21)27-16-11-9-12-13(10-11)29(23,24)28-17(12)16;1-6-18(4,5)17(20)21-19(12(2)3)15-8-13-7-14(10-15)11-16(19)9-13/h11-13,16-17H,4-10H2,1-3H3;12-16H,6-11H2,1-5H3. The monoisotopic (exact) mass is 724 g/mol. The minimum absolute atomic E-state index is 0.00904. The van der Waals surface area contributed by atoms with E-state index in [-0.39, 0.29) is 60.8 Å². The molecule has 0 aromatic carbocycles. The van der Waals surface area contributed by atoms with E-state index >= 15 is 0 Å². The fraction of sp³-hybridized carbons (Fsp3) is 0.895. The van der Waals surface area contributed by atoms with Crippen LogP contribution in [0.2, 0.25) is 0 Å². The van der Waals surface area contributed by atoms with E-state index < -0.39 is 44.9 Å². The van der Waals surface area contributed by atoms with E-state index in [2.05, 4.69) is 20.8 Å². The van der Waals surface area contributed by atoms with Gasteiger partial charge in [-0.05, 0) is 115 Å². The van der Waals surface area contributed by atoms with Crippen LogP contribution in [-0.4, -0.2) is 68.6 Å². The maximum Gasteiger partial charge on any atom is 0.312 e. The molecule has 6 saturated carbocycles. The van der Waals surface area contributed by atoms with E-state index in [1.165, 1.54) is 32.1 Å². The fourth-order valence-electron chi connectivity index (χ4n) is 9.75. The normalized spacial score (nSPS) is 35.7. The molecule has 7 rings (SSSR count). The van der Waals surface area contributed by atoms with Gasteiger partial charge < -0.3 is 18.9 Å². The molecule has 0 spiro atoms. The summed E-state index contributed by atoms with van der Waals surface area (Å²) in [4.78, 5) is 48.4. The Morgan fingerprint density at radius 2 is 1.30 bits per heavy atom. The zero-order valence-corrected chi connectivity index (χ0v) is 32.2. The van der Waals surface area contributed by atoms with Crippen LogP contribution in [0.5, 0.6) is 0 Å². The van der Waals surface area contributed by atoms with E-state index in [1.54, 1.807) is 13.8 Å². The number of carbonyl (C=O) groups is 4. The molecule has 0 N–H and O–H groups in total. The van der Waals surface area contributed by atoms with Crippen molar-refractivity contribution in [1.29, 1.82) is 0 Å². The molecule has 0 aromatic heterocycles. The van der Waals surface area contributed by atoms with Crippen molar-refractivity contribution in [3.8, 4) is 0 Å². The van der Waals surface area contributed by atoms with Crippen LogP contribution in [-0.2, 0) is 52.4 Å². The molecule has 7 fully saturated rings. The van der Waals surface area contributed by atoms with E-state index in [0.29, 0.717) is 37.0 Å². The lowest BCUT2D eigenvalue weighted by Gasteiger charge is -2.62. The summed E-state index contributed by atoms with van der Waals surface area (Å²) >= 11 is 0. The molecule has 12 heteroatoms. The molecular formula is C38H60O11S. The van der Waals surface area contributed by atoms with Gasteiger partial charge in [0.2, 0.25) is 0 Å². The second-order valence-corrected chi connectivity index (χ2v) is 19.3. The van der Waals surface area contributed by atoms with Crippen molar-refractivity contribution in [2.24, 2.45) is 52.3 Å². The van der Waals surface area contributed by atoms with Crippen molar-refractivity contribution >= 4 is 34.0 Å². The van der Waals surface area contributed by atoms with Crippen LogP contribution < -0.4 is 0 Å². The first-order chi connectivity index (χ1) is 23.3. The summed E-state index contributed by atoms with van der Waals surface area (Å²) in [7, 11) is -3.56. The summed E-state index contributed by atoms with van der Waals surface area (Å²) in [5.74, 6) is 1.88. The van der Waals surface area contributed by atoms with E-state index in [9.17, 15) is 27.6 Å². The highest BCUT2D eigenvalue weighted by molar-refractivity contribution is 7.87. The maximum absolute atomic E-state index is 12.8. The summed E-state index contributed by atoms with van der Waals surface area (Å²) in [6.45, 7) is 16.0. The van der Waals surface area contributed by atoms with Gasteiger partial charge in [0.1, 0.15) is 31.0 Å². The van der Waals surface area contributed by atoms with E-state index in [0.717, 1.165) is 18.3 Å². The number of esters is 4. The lowest BCUT2D eigenvalue weighted by molar-refractivity contribution is -0.231. The summed E-state index contributed by atoms with van der Waals surface area (Å²) in [6.07, 6.45) is 7.75. The van der Waals surface area contributed by atoms with Crippen LogP contribution >= 0.6 is 0 Å². The molecule has 50 heavy (non-hydrogen) atoms. The van der Waals surface area contributed by atoms with Gasteiger partial charge in [0.25, 0.3) is 10.1 Å². The van der Waals surface area contributed by atoms with Gasteiger partial charge in [-0.25, -0.2) is 0 Å². The topological polar surface area (TPSA) is 149 Å². The van der Waals surface area contributed by atoms with Gasteiger partial charge >= 0.3 is 23.9 Å². The van der Waals surface area contributed by atoms with Crippen LogP contribution in [0.25, 0.3) is 0 Å². The number of hydrogen-bond donors (Lipinski definition) is 0. The van der Waals surface area contributed by atoms with Gasteiger partial charge in [0, 0.05) is 11.8 Å². The average Bonchev–Trinajstić information content (AvgIpc) is 3.68. The third kappa shape index (κ3) is 7.62. The Bertz CT molecular complexity index is 1370. The highest BCUT2D eigenvalue weighted by Crippen LogP contribution is 2.62. The lowest BCUT2D eigenvalue weighted by Crippen LogP contribution is -2.63. The van der Waals surface area contributed by atoms with Crippen molar-refractivity contribution < 1.29 is 50.7 Å². The Morgan fingerprint density at radius 1 is 0.760 bits per heavy atom. The molecule has 1 heterocycles. The smallest absolute Gasteiger partial charge is 0.312 e. The molecule has 0 radical (unpaired) electrons. The quantitative estimate of drug-likeness (QED) is 0.0932. The van der Waals surface area contributed by atoms with Crippen molar-refractivity contribution in [3.05, 3.63) is 0 Å². The third-order valence-electron chi connectivity index (χ3n) is 13.3. The van der Waals surface area contributed by atoms with Gasteiger partial charge in [0.05, 0.1) is 28.9 Å². The van der Waals surface area contributed by atoms with E-state index in [1.807, 2.05) is 20.8 Å². The van der Waals surface area contributed by atoms with Gasteiger partial charge in [-0.15, -0.1) is 0 Å². The van der Waals surface area contributed by atoms with Crippen molar-refractivity contribution in [3.63, 3.8) is 0 Å². The summed E-state index contributed by atoms with van der Waals surface area (Å²) in [5, 5.41) is -0.473. The summed E-state index contributed by atoms with van der Waals surface area (Å²) in [6, 6.07) is 0. The zero-order chi connectivity index (χ0) is 36.8. The Balaban J connectivity index is 0.000000204. The van der Waals surface area contributed by atoms with Crippen molar-refractivity contribution in [2.45, 2.75) is 149 Å². The van der Waals surface area contributed by atoms with Gasteiger partial charge in [-0.3, -0.25) is 23.4 Å². The molecule has 1 aliphatic heterocycles. The van der Waals surface area contributed by atoms with Crippen molar-refractivity contribution in [1.82, 2.24) is 0 Å². The van der Waals surface area contributed by atoms with Gasteiger partial charge in [0.15, 0.2) is 0 Å². The predicted molar refractivity (Wildman–Crippen MR) is 184 cm³/mol. The lowest BCUT2D eigenvalue weighted by atomic mass is 9.47. The largest absolute Gasteiger partial charge is 0.462 e. The molecule has 5 unspecified atom stereocenters. The second kappa shape index (κ2) is 14.7. The minimum atomic E-state index is -3.56. The van der Waals surface area contributed by atoms with Gasteiger partial charge in [-0.2, -0.15) is 8.42 Å². The third-order valence-corrected chi connectivity index (χ3v) is 15.0. The van der Waals surface area contributed by atoms with Crippen LogP contribution in [0, 0.1) is 52.3 Å². The Kier molecular flexibility index (Phi) is 11.4. The Hall–Kier alpha value is -2.21. The molecular weight excluding hydrogens is 664 g/mol. The number of hydrogen-bond acceptors (Lipinski definition) is 11. The van der Waals surface area contributed by atoms with Crippen LogP contribution in [0.15, 0.2) is 0 Å². The average molecular weight is 725 g/mol. The Morgan fingerprint density at radius 3 is 1.86 bits per heavy atom. The van der Waals surface area contributed by atoms with Crippen LogP contribution in [0.3, 0.4) is 0 Å². The fourth-order valence-corrected chi connectivity index (χ4v) is 11.6. The minimum Gasteiger partial charge on any atom is -0.462 e. The van der Waals surface area contributed by atoms with Gasteiger partial charge in [-0.1, -0.05) is 27.7 Å². The number of rotatable bonds is 13. The van der Waals surface area contributed by atoms with Crippen LogP contribution in [0.1, 0.15) is 126 Å². The molecule has 1 saturated heterocycles. The molecule has 5 atom stereocenters. The number of fused-ring (bicyclic) bond motifs is 1. The molecule has 0 aromatic rings. The zero-order valence-electron chi connectivity index (χ0n) is 31.4. The van der Waals surface area contributed by atoms with Crippen molar-refractivity contribution in [2.75, 3.05) is 13.2 Å². The highest BCUT2D eigenvalue weighted by atomic mass is 32.2. The number of carbonyl (C=O) groups excluding carboxylic acids is 4. The van der Waals surface area contributed by atoms with E-state index in [4.69, 9.17) is 23.1 Å². The van der Waals surface area contributed by atoms with Crippen LogP contribution in [0.4, 0.5) is 0 Å². The molecule has 0 amide bonds. The molecule has 7 aliphatic rings. The summed E-state index contributed by atoms with van der Waals surface area (Å²) < 4.78 is 50.8. The molecule has 6 bridgehead atoms. The molecule has 11 nitrogen and oxygen atoms in total. The first-order valence-electron chi connectivity index (χ1n) is 19.0. The maximum atomic E-state index is 12.8. The predicted octanol–water partition coefficient (Wildman–Crippen LogP) is 6.15. The molecule has 6 aliphatic carbocycles.